The third-order valence-electron chi connectivity index (χ3n) is 4.82. The molecular weight excluding hydrogens is 354 g/mol. The number of methoxy groups -OCH3 is 2. The third-order valence-corrected chi connectivity index (χ3v) is 6.43. The molecule has 3 heterocycles. The maximum absolute atomic E-state index is 12.4. The molecule has 1 unspecified atom stereocenters. The van der Waals surface area contributed by atoms with Crippen molar-refractivity contribution in [3.8, 4) is 11.6 Å². The van der Waals surface area contributed by atoms with Crippen molar-refractivity contribution in [2.24, 2.45) is 0 Å². The largest absolute Gasteiger partial charge is 0.497 e. The average molecular weight is 375 g/mol. The van der Waals surface area contributed by atoms with Gasteiger partial charge in [-0.3, -0.25) is 4.79 Å². The van der Waals surface area contributed by atoms with E-state index in [0.29, 0.717) is 11.9 Å². The molecule has 1 atom stereocenters. The van der Waals surface area contributed by atoms with E-state index in [2.05, 4.69) is 10.5 Å². The zero-order valence-corrected chi connectivity index (χ0v) is 15.5. The molecule has 2 saturated heterocycles. The first-order valence-corrected chi connectivity index (χ1v) is 9.44. The lowest BCUT2D eigenvalue weighted by molar-refractivity contribution is 0.0515. The minimum Gasteiger partial charge on any atom is -0.497 e. The van der Waals surface area contributed by atoms with Gasteiger partial charge in [-0.2, -0.15) is 0 Å². The number of nitrogens with one attached hydrogen (secondary N) is 1. The summed E-state index contributed by atoms with van der Waals surface area (Å²) in [6.45, 7) is 1.47. The number of carbonyl (C=O) groups excluding carboxylic acids is 1. The highest BCUT2D eigenvalue weighted by Crippen LogP contribution is 2.46. The van der Waals surface area contributed by atoms with Crippen molar-refractivity contribution in [1.29, 1.82) is 0 Å². The van der Waals surface area contributed by atoms with Crippen molar-refractivity contribution in [2.75, 3.05) is 38.4 Å². The van der Waals surface area contributed by atoms with Crippen LogP contribution in [0.2, 0.25) is 0 Å². The molecule has 138 valence electrons. The van der Waals surface area contributed by atoms with Crippen LogP contribution in [0, 0.1) is 0 Å². The lowest BCUT2D eigenvalue weighted by Crippen LogP contribution is -2.60. The van der Waals surface area contributed by atoms with E-state index in [1.54, 1.807) is 7.11 Å². The normalized spacial score (nSPS) is 20.7. The number of ether oxygens (including phenoxy) is 2. The van der Waals surface area contributed by atoms with Gasteiger partial charge in [0.05, 0.1) is 25.0 Å². The van der Waals surface area contributed by atoms with Crippen LogP contribution in [0.3, 0.4) is 0 Å². The predicted octanol–water partition coefficient (Wildman–Crippen LogP) is 2.50. The zero-order valence-electron chi connectivity index (χ0n) is 14.7. The van der Waals surface area contributed by atoms with Crippen LogP contribution in [-0.4, -0.2) is 59.8 Å². The number of hydrogen-bond donors (Lipinski definition) is 1. The molecule has 2 aliphatic rings. The smallest absolute Gasteiger partial charge is 0.292 e. The number of hydrogen-bond acceptors (Lipinski definition) is 7. The second-order valence-corrected chi connectivity index (χ2v) is 8.15. The number of thioether (sulfide) groups is 1. The molecule has 0 saturated carbocycles. The summed E-state index contributed by atoms with van der Waals surface area (Å²) in [6, 6.07) is 9.90. The van der Waals surface area contributed by atoms with E-state index >= 15 is 0 Å². The SMILES string of the molecule is COc1ccc(NC2CSC3(C2)CN(C(=O)c2cc(OC)no2)C3)cc1. The van der Waals surface area contributed by atoms with Crippen molar-refractivity contribution in [1.82, 2.24) is 10.1 Å². The van der Waals surface area contributed by atoms with Crippen LogP contribution in [0.5, 0.6) is 11.6 Å². The van der Waals surface area contributed by atoms with E-state index in [0.717, 1.165) is 36.7 Å². The molecule has 1 N–H and O–H groups in total. The summed E-state index contributed by atoms with van der Waals surface area (Å²) in [7, 11) is 3.16. The summed E-state index contributed by atoms with van der Waals surface area (Å²) < 4.78 is 15.3. The molecule has 0 radical (unpaired) electrons. The Balaban J connectivity index is 1.31. The van der Waals surface area contributed by atoms with Crippen LogP contribution >= 0.6 is 11.8 Å². The highest BCUT2D eigenvalue weighted by molar-refractivity contribution is 8.01. The quantitative estimate of drug-likeness (QED) is 0.860. The van der Waals surface area contributed by atoms with Gasteiger partial charge in [0.25, 0.3) is 11.8 Å². The average Bonchev–Trinajstić information content (AvgIpc) is 3.28. The van der Waals surface area contributed by atoms with Gasteiger partial charge in [0.15, 0.2) is 0 Å². The fourth-order valence-electron chi connectivity index (χ4n) is 3.49. The Hall–Kier alpha value is -2.35. The molecule has 1 amide bonds. The second kappa shape index (κ2) is 6.75. The number of aromatic nitrogens is 1. The first-order chi connectivity index (χ1) is 12.6. The summed E-state index contributed by atoms with van der Waals surface area (Å²) in [5.74, 6) is 2.31. The maximum atomic E-state index is 12.4. The monoisotopic (exact) mass is 375 g/mol. The fraction of sp³-hybridized carbons (Fsp3) is 0.444. The number of carbonyl (C=O) groups is 1. The van der Waals surface area contributed by atoms with Crippen molar-refractivity contribution in [3.05, 3.63) is 36.1 Å². The Labute approximate surface area is 156 Å². The van der Waals surface area contributed by atoms with E-state index < -0.39 is 0 Å². The Bertz CT molecular complexity index is 786. The van der Waals surface area contributed by atoms with E-state index in [4.69, 9.17) is 14.0 Å². The molecule has 7 nitrogen and oxygen atoms in total. The van der Waals surface area contributed by atoms with Gasteiger partial charge in [0.2, 0.25) is 5.76 Å². The van der Waals surface area contributed by atoms with E-state index in [9.17, 15) is 4.79 Å². The minimum absolute atomic E-state index is 0.126. The maximum Gasteiger partial charge on any atom is 0.292 e. The number of likely N-dealkylation sites (tertiary alicyclic amines) is 1. The number of rotatable bonds is 5. The summed E-state index contributed by atoms with van der Waals surface area (Å²) in [4.78, 5) is 14.2. The Morgan fingerprint density at radius 3 is 2.73 bits per heavy atom. The summed E-state index contributed by atoms with van der Waals surface area (Å²) >= 11 is 1.94. The molecule has 26 heavy (non-hydrogen) atoms. The van der Waals surface area contributed by atoms with Gasteiger partial charge in [-0.25, -0.2) is 0 Å². The Morgan fingerprint density at radius 1 is 1.31 bits per heavy atom. The number of anilines is 1. The minimum atomic E-state index is -0.126. The first-order valence-electron chi connectivity index (χ1n) is 8.45. The number of nitrogens with zero attached hydrogens (tertiary/aromatic N) is 2. The lowest BCUT2D eigenvalue weighted by Gasteiger charge is -2.47. The van der Waals surface area contributed by atoms with Gasteiger partial charge >= 0.3 is 0 Å². The topological polar surface area (TPSA) is 76.8 Å². The van der Waals surface area contributed by atoms with Crippen LogP contribution in [0.4, 0.5) is 5.69 Å². The highest BCUT2D eigenvalue weighted by Gasteiger charge is 2.51. The molecule has 0 bridgehead atoms. The van der Waals surface area contributed by atoms with Crippen molar-refractivity contribution in [2.45, 2.75) is 17.2 Å². The fourth-order valence-corrected chi connectivity index (χ4v) is 5.05. The van der Waals surface area contributed by atoms with E-state index in [1.807, 2.05) is 40.9 Å². The van der Waals surface area contributed by atoms with Crippen LogP contribution < -0.4 is 14.8 Å². The van der Waals surface area contributed by atoms with Crippen LogP contribution in [0.1, 0.15) is 17.0 Å². The van der Waals surface area contributed by atoms with Gasteiger partial charge in [-0.1, -0.05) is 0 Å². The van der Waals surface area contributed by atoms with Crippen molar-refractivity contribution in [3.63, 3.8) is 0 Å². The Kier molecular flexibility index (Phi) is 4.44. The number of amides is 1. The van der Waals surface area contributed by atoms with E-state index in [1.165, 1.54) is 13.2 Å². The third kappa shape index (κ3) is 3.21. The molecule has 0 aliphatic carbocycles. The summed E-state index contributed by atoms with van der Waals surface area (Å²) in [6.07, 6.45) is 1.03. The lowest BCUT2D eigenvalue weighted by atomic mass is 9.91. The summed E-state index contributed by atoms with van der Waals surface area (Å²) in [5.41, 5.74) is 1.09. The molecular formula is C18H21N3O4S. The second-order valence-electron chi connectivity index (χ2n) is 6.66. The summed E-state index contributed by atoms with van der Waals surface area (Å²) in [5, 5.41) is 7.27. The molecule has 1 aromatic heterocycles. The molecule has 1 aromatic carbocycles. The van der Waals surface area contributed by atoms with Crippen LogP contribution in [-0.2, 0) is 0 Å². The van der Waals surface area contributed by atoms with Gasteiger partial charge in [-0.05, 0) is 35.8 Å². The molecule has 8 heteroatoms. The predicted molar refractivity (Wildman–Crippen MR) is 99.2 cm³/mol. The molecule has 2 fully saturated rings. The van der Waals surface area contributed by atoms with E-state index in [-0.39, 0.29) is 16.4 Å². The van der Waals surface area contributed by atoms with Crippen molar-refractivity contribution >= 4 is 23.4 Å². The molecule has 4 rings (SSSR count). The van der Waals surface area contributed by atoms with Crippen molar-refractivity contribution < 1.29 is 18.8 Å². The van der Waals surface area contributed by atoms with Crippen LogP contribution in [0.25, 0.3) is 0 Å². The van der Waals surface area contributed by atoms with Gasteiger partial charge < -0.3 is 24.2 Å². The highest BCUT2D eigenvalue weighted by atomic mass is 32.2. The first kappa shape index (κ1) is 17.1. The standard InChI is InChI=1S/C18H21N3O4S/c1-23-14-5-3-12(4-6-14)19-13-8-18(26-9-13)10-21(11-18)17(22)15-7-16(24-2)20-25-15/h3-7,13,19H,8-11H2,1-2H3. The Morgan fingerprint density at radius 2 is 2.08 bits per heavy atom. The molecule has 2 aromatic rings. The van der Waals surface area contributed by atoms with Gasteiger partial charge in [0, 0.05) is 30.6 Å². The number of benzene rings is 1. The molecule has 1 spiro atoms. The van der Waals surface area contributed by atoms with Gasteiger partial charge in [-0.15, -0.1) is 11.8 Å². The van der Waals surface area contributed by atoms with Gasteiger partial charge in [0.1, 0.15) is 5.75 Å². The molecule has 2 aliphatic heterocycles. The van der Waals surface area contributed by atoms with Crippen LogP contribution in [0.15, 0.2) is 34.9 Å². The zero-order chi connectivity index (χ0) is 18.1.